The van der Waals surface area contributed by atoms with Crippen LogP contribution >= 0.6 is 11.6 Å². The van der Waals surface area contributed by atoms with Gasteiger partial charge in [0.15, 0.2) is 6.33 Å². The molecule has 96 valence electrons. The quantitative estimate of drug-likeness (QED) is 0.811. The molecule has 2 aromatic rings. The number of nitrogens with one attached hydrogen (secondary N) is 1. The van der Waals surface area contributed by atoms with E-state index in [0.29, 0.717) is 12.3 Å². The molecule has 0 bridgehead atoms. The summed E-state index contributed by atoms with van der Waals surface area (Å²) in [6.07, 6.45) is 2.90. The molecule has 0 atom stereocenters. The lowest BCUT2D eigenvalue weighted by molar-refractivity contribution is 0.377. The first kappa shape index (κ1) is 12.9. The van der Waals surface area contributed by atoms with Crippen molar-refractivity contribution in [1.29, 1.82) is 0 Å². The van der Waals surface area contributed by atoms with Crippen LogP contribution in [0.15, 0.2) is 34.1 Å². The third-order valence-corrected chi connectivity index (χ3v) is 3.71. The van der Waals surface area contributed by atoms with Crippen molar-refractivity contribution in [3.8, 4) is 0 Å². The number of pyridine rings is 1. The number of rotatable bonds is 5. The third-order valence-electron chi connectivity index (χ3n) is 2.05. The molecular weight excluding hydrogens is 280 g/mol. The second-order valence-corrected chi connectivity index (χ2v) is 5.45. The van der Waals surface area contributed by atoms with E-state index in [-0.39, 0.29) is 16.6 Å². The number of hydrogen-bond donors (Lipinski definition) is 1. The van der Waals surface area contributed by atoms with E-state index in [1.807, 2.05) is 0 Å². The summed E-state index contributed by atoms with van der Waals surface area (Å²) in [6.45, 7) is 0.157. The van der Waals surface area contributed by atoms with Gasteiger partial charge in [-0.25, -0.2) is 18.1 Å². The second kappa shape index (κ2) is 5.42. The minimum Gasteiger partial charge on any atom is -0.340 e. The fraction of sp³-hybridized carbons (Fsp3) is 0.222. The Morgan fingerprint density at radius 2 is 2.22 bits per heavy atom. The van der Waals surface area contributed by atoms with Crippen molar-refractivity contribution in [2.24, 2.45) is 0 Å². The first-order valence-electron chi connectivity index (χ1n) is 4.95. The summed E-state index contributed by atoms with van der Waals surface area (Å²) < 4.78 is 30.8. The van der Waals surface area contributed by atoms with E-state index in [0.717, 1.165) is 0 Å². The van der Waals surface area contributed by atoms with E-state index in [1.165, 1.54) is 24.7 Å². The molecule has 0 saturated heterocycles. The van der Waals surface area contributed by atoms with E-state index in [9.17, 15) is 8.42 Å². The van der Waals surface area contributed by atoms with Crippen molar-refractivity contribution >= 4 is 21.6 Å². The van der Waals surface area contributed by atoms with Gasteiger partial charge in [0, 0.05) is 19.2 Å². The Kier molecular flexibility index (Phi) is 3.90. The molecule has 0 amide bonds. The summed E-state index contributed by atoms with van der Waals surface area (Å²) >= 11 is 5.63. The van der Waals surface area contributed by atoms with Crippen LogP contribution in [-0.2, 0) is 16.4 Å². The normalized spacial score (nSPS) is 11.6. The maximum Gasteiger partial charge on any atom is 0.240 e. The van der Waals surface area contributed by atoms with Gasteiger partial charge in [0.05, 0.1) is 4.90 Å². The maximum atomic E-state index is 11.8. The van der Waals surface area contributed by atoms with Crippen molar-refractivity contribution in [3.63, 3.8) is 0 Å². The molecule has 0 unspecified atom stereocenters. The van der Waals surface area contributed by atoms with Gasteiger partial charge in [-0.1, -0.05) is 16.8 Å². The largest absolute Gasteiger partial charge is 0.340 e. The molecule has 0 spiro atoms. The summed E-state index contributed by atoms with van der Waals surface area (Å²) in [5.74, 6) is 0.366. The summed E-state index contributed by atoms with van der Waals surface area (Å²) in [5.41, 5.74) is 0. The van der Waals surface area contributed by atoms with E-state index in [1.54, 1.807) is 0 Å². The number of nitrogens with zero attached hydrogens (tertiary/aromatic N) is 3. The van der Waals surface area contributed by atoms with Gasteiger partial charge in [-0.05, 0) is 12.1 Å². The summed E-state index contributed by atoms with van der Waals surface area (Å²) in [5, 5.41) is 3.54. The highest BCUT2D eigenvalue weighted by atomic mass is 35.5. The highest BCUT2D eigenvalue weighted by molar-refractivity contribution is 7.89. The van der Waals surface area contributed by atoms with Crippen molar-refractivity contribution in [1.82, 2.24) is 19.8 Å². The number of aromatic nitrogens is 3. The van der Waals surface area contributed by atoms with E-state index in [2.05, 4.69) is 19.8 Å². The summed E-state index contributed by atoms with van der Waals surface area (Å²) in [4.78, 5) is 7.56. The molecule has 0 aliphatic rings. The topological polar surface area (TPSA) is 98.0 Å². The Labute approximate surface area is 108 Å². The average molecular weight is 289 g/mol. The standard InChI is InChI=1S/C9H9ClN4O3S/c10-8-5-7(1-3-11-8)18(15,16)14-4-2-9-12-6-13-17-9/h1,3,5-6,14H,2,4H2. The Bertz CT molecular complexity index is 615. The van der Waals surface area contributed by atoms with E-state index >= 15 is 0 Å². The zero-order valence-electron chi connectivity index (χ0n) is 9.08. The minimum absolute atomic E-state index is 0.0630. The van der Waals surface area contributed by atoms with Crippen LogP contribution in [0.25, 0.3) is 0 Å². The van der Waals surface area contributed by atoms with Crippen molar-refractivity contribution in [2.75, 3.05) is 6.54 Å². The fourth-order valence-electron chi connectivity index (χ4n) is 1.23. The van der Waals surface area contributed by atoms with Crippen LogP contribution < -0.4 is 4.72 Å². The molecule has 2 aromatic heterocycles. The SMILES string of the molecule is O=S(=O)(NCCc1ncno1)c1ccnc(Cl)c1. The molecule has 1 N–H and O–H groups in total. The van der Waals surface area contributed by atoms with E-state index in [4.69, 9.17) is 16.1 Å². The van der Waals surface area contributed by atoms with Crippen molar-refractivity contribution in [3.05, 3.63) is 35.7 Å². The van der Waals surface area contributed by atoms with Crippen molar-refractivity contribution < 1.29 is 12.9 Å². The molecule has 0 aromatic carbocycles. The highest BCUT2D eigenvalue weighted by Crippen LogP contribution is 2.12. The Hall–Kier alpha value is -1.51. The predicted octanol–water partition coefficient (Wildman–Crippen LogP) is 0.639. The van der Waals surface area contributed by atoms with Gasteiger partial charge in [-0.3, -0.25) is 0 Å². The maximum absolute atomic E-state index is 11.8. The average Bonchev–Trinajstić information content (AvgIpc) is 2.82. The molecule has 2 heterocycles. The van der Waals surface area contributed by atoms with Crippen LogP contribution in [0.3, 0.4) is 0 Å². The zero-order chi connectivity index (χ0) is 13.0. The van der Waals surface area contributed by atoms with Gasteiger partial charge in [0.2, 0.25) is 15.9 Å². The van der Waals surface area contributed by atoms with Crippen LogP contribution in [0, 0.1) is 0 Å². The molecule has 0 saturated carbocycles. The second-order valence-electron chi connectivity index (χ2n) is 3.30. The highest BCUT2D eigenvalue weighted by Gasteiger charge is 2.14. The Morgan fingerprint density at radius 3 is 2.89 bits per heavy atom. The fourth-order valence-corrected chi connectivity index (χ4v) is 2.52. The Morgan fingerprint density at radius 1 is 1.39 bits per heavy atom. The summed E-state index contributed by atoms with van der Waals surface area (Å²) in [6, 6.07) is 2.64. The molecule has 7 nitrogen and oxygen atoms in total. The van der Waals surface area contributed by atoms with Crippen LogP contribution in [0.5, 0.6) is 0 Å². The van der Waals surface area contributed by atoms with Crippen LogP contribution in [0.1, 0.15) is 5.89 Å². The smallest absolute Gasteiger partial charge is 0.240 e. The zero-order valence-corrected chi connectivity index (χ0v) is 10.6. The molecule has 0 radical (unpaired) electrons. The molecule has 0 aliphatic heterocycles. The molecule has 9 heteroatoms. The predicted molar refractivity (Wildman–Crippen MR) is 62.4 cm³/mol. The molecular formula is C9H9ClN4O3S. The Balaban J connectivity index is 1.99. The lowest BCUT2D eigenvalue weighted by Gasteiger charge is -2.05. The summed E-state index contributed by atoms with van der Waals surface area (Å²) in [7, 11) is -3.60. The van der Waals surface area contributed by atoms with E-state index < -0.39 is 10.0 Å². The number of halogens is 1. The lowest BCUT2D eigenvalue weighted by atomic mass is 10.4. The van der Waals surface area contributed by atoms with Gasteiger partial charge in [0.25, 0.3) is 0 Å². The van der Waals surface area contributed by atoms with Crippen LogP contribution in [0.2, 0.25) is 5.15 Å². The van der Waals surface area contributed by atoms with Gasteiger partial charge in [-0.15, -0.1) is 0 Å². The molecule has 0 fully saturated rings. The van der Waals surface area contributed by atoms with Gasteiger partial charge in [0.1, 0.15) is 5.15 Å². The third kappa shape index (κ3) is 3.25. The van der Waals surface area contributed by atoms with Gasteiger partial charge >= 0.3 is 0 Å². The van der Waals surface area contributed by atoms with Crippen molar-refractivity contribution in [2.45, 2.75) is 11.3 Å². The van der Waals surface area contributed by atoms with Gasteiger partial charge < -0.3 is 4.52 Å². The number of sulfonamides is 1. The monoisotopic (exact) mass is 288 g/mol. The van der Waals surface area contributed by atoms with Crippen LogP contribution in [-0.4, -0.2) is 30.1 Å². The first-order valence-corrected chi connectivity index (χ1v) is 6.81. The first-order chi connectivity index (χ1) is 8.58. The lowest BCUT2D eigenvalue weighted by Crippen LogP contribution is -2.26. The molecule has 2 rings (SSSR count). The number of hydrogen-bond acceptors (Lipinski definition) is 6. The van der Waals surface area contributed by atoms with Crippen LogP contribution in [0.4, 0.5) is 0 Å². The van der Waals surface area contributed by atoms with Gasteiger partial charge in [-0.2, -0.15) is 4.98 Å². The molecule has 0 aliphatic carbocycles. The molecule has 18 heavy (non-hydrogen) atoms. The minimum atomic E-state index is -3.60.